The number of nitrogens with two attached hydrogens (primary N) is 1. The smallest absolute Gasteiger partial charge is 0.323 e. The van der Waals surface area contributed by atoms with Crippen molar-refractivity contribution in [2.45, 2.75) is 38.6 Å². The lowest BCUT2D eigenvalue weighted by atomic mass is 9.84. The SMILES string of the molecule is CCC(Cc1cc(O)cc(O)c1)CC(C)(N)C(=O)O. The van der Waals surface area contributed by atoms with Gasteiger partial charge in [-0.3, -0.25) is 4.79 Å². The maximum atomic E-state index is 11.0. The zero-order chi connectivity index (χ0) is 14.6. The highest BCUT2D eigenvalue weighted by Crippen LogP contribution is 2.26. The molecule has 0 bridgehead atoms. The van der Waals surface area contributed by atoms with Gasteiger partial charge in [-0.2, -0.15) is 0 Å². The molecule has 1 rings (SSSR count). The van der Waals surface area contributed by atoms with Crippen molar-refractivity contribution in [3.63, 3.8) is 0 Å². The average Bonchev–Trinajstić information content (AvgIpc) is 2.26. The molecule has 0 heterocycles. The number of hydrogen-bond acceptors (Lipinski definition) is 4. The molecule has 5 N–H and O–H groups in total. The van der Waals surface area contributed by atoms with Crippen molar-refractivity contribution >= 4 is 5.97 Å². The fraction of sp³-hybridized carbons (Fsp3) is 0.500. The molecule has 2 unspecified atom stereocenters. The first-order valence-corrected chi connectivity index (χ1v) is 6.28. The van der Waals surface area contributed by atoms with E-state index in [0.29, 0.717) is 12.8 Å². The van der Waals surface area contributed by atoms with Gasteiger partial charge >= 0.3 is 5.97 Å². The molecule has 0 aliphatic heterocycles. The molecule has 0 aliphatic rings. The Kier molecular flexibility index (Phi) is 4.78. The van der Waals surface area contributed by atoms with Gasteiger partial charge in [0, 0.05) is 6.07 Å². The van der Waals surface area contributed by atoms with E-state index in [9.17, 15) is 15.0 Å². The van der Waals surface area contributed by atoms with Crippen molar-refractivity contribution in [1.29, 1.82) is 0 Å². The maximum absolute atomic E-state index is 11.0. The van der Waals surface area contributed by atoms with Gasteiger partial charge in [0.1, 0.15) is 17.0 Å². The predicted octanol–water partition coefficient (Wildman–Crippen LogP) is 1.86. The Morgan fingerprint density at radius 2 is 1.84 bits per heavy atom. The Hall–Kier alpha value is -1.75. The number of rotatable bonds is 6. The molecule has 0 fully saturated rings. The monoisotopic (exact) mass is 267 g/mol. The van der Waals surface area contributed by atoms with Crippen molar-refractivity contribution in [3.05, 3.63) is 23.8 Å². The van der Waals surface area contributed by atoms with Crippen LogP contribution in [0.3, 0.4) is 0 Å². The molecule has 0 radical (unpaired) electrons. The van der Waals surface area contributed by atoms with Gasteiger partial charge in [0.2, 0.25) is 0 Å². The first kappa shape index (κ1) is 15.3. The Labute approximate surface area is 112 Å². The topological polar surface area (TPSA) is 104 Å². The summed E-state index contributed by atoms with van der Waals surface area (Å²) in [4.78, 5) is 11.0. The van der Waals surface area contributed by atoms with E-state index in [1.807, 2.05) is 6.92 Å². The van der Waals surface area contributed by atoms with Crippen molar-refractivity contribution in [3.8, 4) is 11.5 Å². The van der Waals surface area contributed by atoms with Gasteiger partial charge in [0.25, 0.3) is 0 Å². The molecule has 19 heavy (non-hydrogen) atoms. The second kappa shape index (κ2) is 5.93. The fourth-order valence-electron chi connectivity index (χ4n) is 2.16. The largest absolute Gasteiger partial charge is 0.508 e. The third-order valence-corrected chi connectivity index (χ3v) is 3.27. The normalized spacial score (nSPS) is 15.7. The van der Waals surface area contributed by atoms with E-state index in [1.54, 1.807) is 12.1 Å². The lowest BCUT2D eigenvalue weighted by Crippen LogP contribution is -2.46. The van der Waals surface area contributed by atoms with Crippen LogP contribution in [0.1, 0.15) is 32.3 Å². The van der Waals surface area contributed by atoms with Crippen LogP contribution >= 0.6 is 0 Å². The number of phenols is 2. The Balaban J connectivity index is 2.79. The van der Waals surface area contributed by atoms with Crippen molar-refractivity contribution in [2.75, 3.05) is 0 Å². The fourth-order valence-corrected chi connectivity index (χ4v) is 2.16. The van der Waals surface area contributed by atoms with E-state index in [1.165, 1.54) is 13.0 Å². The van der Waals surface area contributed by atoms with Crippen LogP contribution < -0.4 is 5.73 Å². The second-order valence-electron chi connectivity index (χ2n) is 5.26. The standard InChI is InChI=1S/C14H21NO4/c1-3-9(8-14(2,15)13(18)19)4-10-5-11(16)7-12(17)6-10/h5-7,9,16-17H,3-4,8,15H2,1-2H3,(H,18,19). The summed E-state index contributed by atoms with van der Waals surface area (Å²) >= 11 is 0. The Bertz CT molecular complexity index is 437. The van der Waals surface area contributed by atoms with Crippen LogP contribution in [0.25, 0.3) is 0 Å². The van der Waals surface area contributed by atoms with Gasteiger partial charge in [0.15, 0.2) is 0 Å². The number of carbonyl (C=O) groups is 1. The maximum Gasteiger partial charge on any atom is 0.323 e. The summed E-state index contributed by atoms with van der Waals surface area (Å²) in [6, 6.07) is 4.39. The highest BCUT2D eigenvalue weighted by atomic mass is 16.4. The first-order chi connectivity index (χ1) is 8.74. The van der Waals surface area contributed by atoms with Crippen molar-refractivity contribution in [1.82, 2.24) is 0 Å². The van der Waals surface area contributed by atoms with E-state index in [4.69, 9.17) is 10.8 Å². The lowest BCUT2D eigenvalue weighted by molar-refractivity contribution is -0.143. The minimum Gasteiger partial charge on any atom is -0.508 e. The van der Waals surface area contributed by atoms with Crippen molar-refractivity contribution in [2.24, 2.45) is 11.7 Å². The number of aliphatic carboxylic acids is 1. The minimum atomic E-state index is -1.26. The van der Waals surface area contributed by atoms with Gasteiger partial charge < -0.3 is 21.1 Å². The molecule has 0 saturated carbocycles. The molecule has 5 heteroatoms. The van der Waals surface area contributed by atoms with Gasteiger partial charge in [-0.15, -0.1) is 0 Å². The lowest BCUT2D eigenvalue weighted by Gasteiger charge is -2.25. The van der Waals surface area contributed by atoms with E-state index >= 15 is 0 Å². The van der Waals surface area contributed by atoms with E-state index in [-0.39, 0.29) is 17.4 Å². The Morgan fingerprint density at radius 1 is 1.32 bits per heavy atom. The summed E-state index contributed by atoms with van der Waals surface area (Å²) in [5.74, 6) is -0.950. The van der Waals surface area contributed by atoms with Gasteiger partial charge in [0.05, 0.1) is 0 Å². The molecule has 0 aromatic heterocycles. The summed E-state index contributed by atoms with van der Waals surface area (Å²) in [5.41, 5.74) is 5.26. The molecule has 0 aliphatic carbocycles. The van der Waals surface area contributed by atoms with Gasteiger partial charge in [-0.1, -0.05) is 13.3 Å². The highest BCUT2D eigenvalue weighted by molar-refractivity contribution is 5.77. The molecule has 1 aromatic carbocycles. The summed E-state index contributed by atoms with van der Waals surface area (Å²) < 4.78 is 0. The molecular formula is C14H21NO4. The molecule has 1 aromatic rings. The molecular weight excluding hydrogens is 246 g/mol. The number of benzene rings is 1. The first-order valence-electron chi connectivity index (χ1n) is 6.28. The van der Waals surface area contributed by atoms with Crippen LogP contribution in [0.4, 0.5) is 0 Å². The number of hydrogen-bond donors (Lipinski definition) is 4. The summed E-state index contributed by atoms with van der Waals surface area (Å²) in [7, 11) is 0. The van der Waals surface area contributed by atoms with Crippen LogP contribution in [0.15, 0.2) is 18.2 Å². The second-order valence-corrected chi connectivity index (χ2v) is 5.26. The van der Waals surface area contributed by atoms with E-state index < -0.39 is 11.5 Å². The van der Waals surface area contributed by atoms with Crippen molar-refractivity contribution < 1.29 is 20.1 Å². The van der Waals surface area contributed by atoms with Crippen LogP contribution in [0.5, 0.6) is 11.5 Å². The number of carboxylic acids is 1. The summed E-state index contributed by atoms with van der Waals surface area (Å²) in [6.45, 7) is 3.46. The molecule has 5 nitrogen and oxygen atoms in total. The van der Waals surface area contributed by atoms with Gasteiger partial charge in [-0.25, -0.2) is 0 Å². The number of carboxylic acid groups (broad SMARTS) is 1. The zero-order valence-corrected chi connectivity index (χ0v) is 11.3. The van der Waals surface area contributed by atoms with Gasteiger partial charge in [-0.05, 0) is 43.4 Å². The molecule has 2 atom stereocenters. The van der Waals surface area contributed by atoms with Crippen LogP contribution in [-0.2, 0) is 11.2 Å². The predicted molar refractivity (Wildman–Crippen MR) is 72.1 cm³/mol. The molecule has 0 saturated heterocycles. The minimum absolute atomic E-state index is 0.00130. The molecule has 0 amide bonds. The van der Waals surface area contributed by atoms with Crippen LogP contribution in [-0.4, -0.2) is 26.8 Å². The van der Waals surface area contributed by atoms with Crippen LogP contribution in [0.2, 0.25) is 0 Å². The van der Waals surface area contributed by atoms with E-state index in [2.05, 4.69) is 0 Å². The Morgan fingerprint density at radius 3 is 2.26 bits per heavy atom. The quantitative estimate of drug-likeness (QED) is 0.630. The van der Waals surface area contributed by atoms with Crippen LogP contribution in [0, 0.1) is 5.92 Å². The number of phenolic OH excluding ortho intramolecular Hbond substituents is 2. The summed E-state index contributed by atoms with van der Waals surface area (Å²) in [6.07, 6.45) is 1.68. The third-order valence-electron chi connectivity index (χ3n) is 3.27. The summed E-state index contributed by atoms with van der Waals surface area (Å²) in [5, 5.41) is 27.9. The zero-order valence-electron chi connectivity index (χ0n) is 11.3. The number of aromatic hydroxyl groups is 2. The van der Waals surface area contributed by atoms with E-state index in [0.717, 1.165) is 12.0 Å². The third kappa shape index (κ3) is 4.44. The average molecular weight is 267 g/mol. The molecule has 0 spiro atoms. The molecule has 106 valence electrons. The highest BCUT2D eigenvalue weighted by Gasteiger charge is 2.30.